The quantitative estimate of drug-likeness (QED) is 0.776. The number of rotatable bonds is 4. The molecule has 0 saturated heterocycles. The standard InChI is InChI=1S/C19H23O2P/c1-16-10-8-9-15-19(16)21-22(20,17-11-4-2-5-12-17)18-13-6-3-7-14-18/h2-7,11-14,16,19H,8-10,15H2,1H3. The highest BCUT2D eigenvalue weighted by atomic mass is 31.2. The molecule has 2 atom stereocenters. The molecule has 0 bridgehead atoms. The second-order valence-corrected chi connectivity index (χ2v) is 8.47. The summed E-state index contributed by atoms with van der Waals surface area (Å²) in [5, 5.41) is 1.58. The Morgan fingerprint density at radius 2 is 1.36 bits per heavy atom. The van der Waals surface area contributed by atoms with Gasteiger partial charge in [0.15, 0.2) is 0 Å². The van der Waals surface area contributed by atoms with Crippen molar-refractivity contribution in [2.24, 2.45) is 5.92 Å². The van der Waals surface area contributed by atoms with Gasteiger partial charge in [-0.05, 0) is 43.0 Å². The van der Waals surface area contributed by atoms with Crippen LogP contribution in [-0.4, -0.2) is 6.10 Å². The summed E-state index contributed by atoms with van der Waals surface area (Å²) in [5.41, 5.74) is 0. The van der Waals surface area contributed by atoms with Crippen molar-refractivity contribution in [3.8, 4) is 0 Å². The van der Waals surface area contributed by atoms with Gasteiger partial charge in [0, 0.05) is 10.6 Å². The van der Waals surface area contributed by atoms with Gasteiger partial charge in [0.25, 0.3) is 7.37 Å². The predicted octanol–water partition coefficient (Wildman–Crippen LogP) is 4.51. The summed E-state index contributed by atoms with van der Waals surface area (Å²) in [5.74, 6) is 0.467. The molecule has 1 fully saturated rings. The molecule has 0 amide bonds. The van der Waals surface area contributed by atoms with Crippen LogP contribution in [0.15, 0.2) is 60.7 Å². The van der Waals surface area contributed by atoms with Crippen molar-refractivity contribution < 1.29 is 9.09 Å². The van der Waals surface area contributed by atoms with Gasteiger partial charge in [0.05, 0.1) is 6.10 Å². The second-order valence-electron chi connectivity index (χ2n) is 6.13. The van der Waals surface area contributed by atoms with Gasteiger partial charge in [-0.15, -0.1) is 0 Å². The van der Waals surface area contributed by atoms with Crippen LogP contribution >= 0.6 is 7.37 Å². The van der Waals surface area contributed by atoms with Crippen LogP contribution in [0.2, 0.25) is 0 Å². The molecule has 2 aromatic rings. The molecule has 2 unspecified atom stereocenters. The summed E-state index contributed by atoms with van der Waals surface area (Å²) >= 11 is 0. The summed E-state index contributed by atoms with van der Waals surface area (Å²) in [6.45, 7) is 2.21. The molecule has 1 saturated carbocycles. The van der Waals surface area contributed by atoms with Crippen LogP contribution in [0.25, 0.3) is 0 Å². The first-order valence-corrected chi connectivity index (χ1v) is 9.72. The van der Waals surface area contributed by atoms with Crippen molar-refractivity contribution >= 4 is 18.0 Å². The average Bonchev–Trinajstić information content (AvgIpc) is 2.58. The van der Waals surface area contributed by atoms with E-state index in [1.807, 2.05) is 60.7 Å². The van der Waals surface area contributed by atoms with Crippen molar-refractivity contribution in [2.45, 2.75) is 38.7 Å². The van der Waals surface area contributed by atoms with E-state index in [2.05, 4.69) is 6.92 Å². The van der Waals surface area contributed by atoms with Gasteiger partial charge in [-0.3, -0.25) is 4.57 Å². The van der Waals surface area contributed by atoms with Gasteiger partial charge in [-0.1, -0.05) is 56.2 Å². The summed E-state index contributed by atoms with van der Waals surface area (Å²) in [6.07, 6.45) is 4.67. The fraction of sp³-hybridized carbons (Fsp3) is 0.368. The topological polar surface area (TPSA) is 26.3 Å². The predicted molar refractivity (Wildman–Crippen MR) is 92.3 cm³/mol. The SMILES string of the molecule is CC1CCCCC1OP(=O)(c1ccccc1)c1ccccc1. The molecule has 0 N–H and O–H groups in total. The number of hydrogen-bond acceptors (Lipinski definition) is 2. The molecule has 1 aliphatic carbocycles. The van der Waals surface area contributed by atoms with E-state index in [0.717, 1.165) is 23.5 Å². The maximum absolute atomic E-state index is 13.8. The Balaban J connectivity index is 1.98. The Labute approximate surface area is 133 Å². The third kappa shape index (κ3) is 3.19. The minimum absolute atomic E-state index is 0.0833. The molecule has 0 radical (unpaired) electrons. The molecule has 0 aliphatic heterocycles. The molecular weight excluding hydrogens is 291 g/mol. The van der Waals surface area contributed by atoms with E-state index in [1.54, 1.807) is 0 Å². The van der Waals surface area contributed by atoms with Crippen LogP contribution in [0.3, 0.4) is 0 Å². The van der Waals surface area contributed by atoms with Gasteiger partial charge in [-0.2, -0.15) is 0 Å². The van der Waals surface area contributed by atoms with E-state index < -0.39 is 7.37 Å². The highest BCUT2D eigenvalue weighted by molar-refractivity contribution is 7.74. The van der Waals surface area contributed by atoms with Crippen molar-refractivity contribution in [1.82, 2.24) is 0 Å². The molecule has 0 spiro atoms. The number of hydrogen-bond donors (Lipinski definition) is 0. The molecule has 0 heterocycles. The van der Waals surface area contributed by atoms with Gasteiger partial charge >= 0.3 is 0 Å². The highest BCUT2D eigenvalue weighted by Crippen LogP contribution is 2.48. The zero-order valence-electron chi connectivity index (χ0n) is 13.0. The minimum atomic E-state index is -3.03. The third-order valence-corrected chi connectivity index (χ3v) is 7.03. The van der Waals surface area contributed by atoms with Crippen molar-refractivity contribution in [2.75, 3.05) is 0 Å². The van der Waals surface area contributed by atoms with Crippen molar-refractivity contribution in [3.63, 3.8) is 0 Å². The van der Waals surface area contributed by atoms with E-state index in [0.29, 0.717) is 5.92 Å². The molecule has 3 heteroatoms. The molecule has 116 valence electrons. The molecule has 1 aliphatic rings. The molecule has 2 aromatic carbocycles. The first-order valence-electron chi connectivity index (χ1n) is 8.10. The lowest BCUT2D eigenvalue weighted by Gasteiger charge is -2.32. The summed E-state index contributed by atoms with van der Waals surface area (Å²) in [7, 11) is -3.03. The normalized spacial score (nSPS) is 22.4. The number of benzene rings is 2. The average molecular weight is 314 g/mol. The van der Waals surface area contributed by atoms with Gasteiger partial charge in [-0.25, -0.2) is 0 Å². The molecular formula is C19H23O2P. The first-order chi connectivity index (χ1) is 10.7. The van der Waals surface area contributed by atoms with E-state index in [9.17, 15) is 4.57 Å². The Kier molecular flexibility index (Phi) is 4.81. The molecule has 2 nitrogen and oxygen atoms in total. The molecule has 22 heavy (non-hydrogen) atoms. The first kappa shape index (κ1) is 15.5. The molecule has 3 rings (SSSR count). The Hall–Kier alpha value is -1.37. The highest BCUT2D eigenvalue weighted by Gasteiger charge is 2.34. The zero-order valence-corrected chi connectivity index (χ0v) is 13.9. The Morgan fingerprint density at radius 3 is 1.86 bits per heavy atom. The fourth-order valence-corrected chi connectivity index (χ4v) is 5.51. The minimum Gasteiger partial charge on any atom is -0.318 e. The smallest absolute Gasteiger partial charge is 0.261 e. The lowest BCUT2D eigenvalue weighted by Crippen LogP contribution is -2.29. The van der Waals surface area contributed by atoms with Crippen LogP contribution in [0.5, 0.6) is 0 Å². The van der Waals surface area contributed by atoms with Crippen LogP contribution in [0.1, 0.15) is 32.6 Å². The lowest BCUT2D eigenvalue weighted by molar-refractivity contribution is 0.110. The van der Waals surface area contributed by atoms with Crippen molar-refractivity contribution in [1.29, 1.82) is 0 Å². The van der Waals surface area contributed by atoms with Crippen molar-refractivity contribution in [3.05, 3.63) is 60.7 Å². The van der Waals surface area contributed by atoms with E-state index in [1.165, 1.54) is 12.8 Å². The Morgan fingerprint density at radius 1 is 0.864 bits per heavy atom. The van der Waals surface area contributed by atoms with E-state index in [-0.39, 0.29) is 6.10 Å². The van der Waals surface area contributed by atoms with Gasteiger partial charge < -0.3 is 4.52 Å². The molecule has 0 aromatic heterocycles. The van der Waals surface area contributed by atoms with Gasteiger partial charge in [0.2, 0.25) is 0 Å². The fourth-order valence-electron chi connectivity index (χ4n) is 3.15. The largest absolute Gasteiger partial charge is 0.318 e. The summed E-state index contributed by atoms with van der Waals surface area (Å²) in [6, 6.07) is 19.3. The second kappa shape index (κ2) is 6.81. The van der Waals surface area contributed by atoms with E-state index in [4.69, 9.17) is 4.52 Å². The third-order valence-electron chi connectivity index (χ3n) is 4.51. The monoisotopic (exact) mass is 314 g/mol. The maximum atomic E-state index is 13.8. The van der Waals surface area contributed by atoms with Crippen LogP contribution in [-0.2, 0) is 9.09 Å². The van der Waals surface area contributed by atoms with Gasteiger partial charge in [0.1, 0.15) is 0 Å². The van der Waals surface area contributed by atoms with Crippen LogP contribution in [0.4, 0.5) is 0 Å². The zero-order chi connectivity index (χ0) is 15.4. The maximum Gasteiger partial charge on any atom is 0.261 e. The lowest BCUT2D eigenvalue weighted by atomic mass is 9.88. The Bertz CT molecular complexity index is 595. The summed E-state index contributed by atoms with van der Waals surface area (Å²) in [4.78, 5) is 0. The summed E-state index contributed by atoms with van der Waals surface area (Å²) < 4.78 is 20.1. The van der Waals surface area contributed by atoms with Crippen LogP contribution < -0.4 is 10.6 Å². The van der Waals surface area contributed by atoms with E-state index >= 15 is 0 Å². The van der Waals surface area contributed by atoms with Crippen LogP contribution in [0, 0.1) is 5.92 Å².